The lowest BCUT2D eigenvalue weighted by molar-refractivity contribution is 0.0711. The Bertz CT molecular complexity index is 1280. The summed E-state index contributed by atoms with van der Waals surface area (Å²) in [7, 11) is 0. The van der Waals surface area contributed by atoms with Crippen molar-refractivity contribution in [2.45, 2.75) is 19.4 Å². The minimum atomic E-state index is -0.234. The summed E-state index contributed by atoms with van der Waals surface area (Å²) in [4.78, 5) is 22.0. The summed E-state index contributed by atoms with van der Waals surface area (Å²) in [6.45, 7) is 1.86. The van der Waals surface area contributed by atoms with Crippen LogP contribution in [0, 0.1) is 6.92 Å². The van der Waals surface area contributed by atoms with Crippen molar-refractivity contribution in [1.82, 2.24) is 15.0 Å². The second kappa shape index (κ2) is 8.40. The van der Waals surface area contributed by atoms with Gasteiger partial charge in [0.15, 0.2) is 0 Å². The molecule has 3 heterocycles. The molecule has 0 aliphatic carbocycles. The molecule has 32 heavy (non-hydrogen) atoms. The van der Waals surface area contributed by atoms with Crippen molar-refractivity contribution in [3.63, 3.8) is 0 Å². The van der Waals surface area contributed by atoms with Crippen molar-refractivity contribution in [2.75, 3.05) is 0 Å². The molecule has 5 rings (SSSR count). The molecule has 0 saturated heterocycles. The zero-order valence-electron chi connectivity index (χ0n) is 17.3. The third-order valence-corrected chi connectivity index (χ3v) is 5.64. The molecule has 158 valence electrons. The molecule has 0 spiro atoms. The lowest BCUT2D eigenvalue weighted by Gasteiger charge is -2.22. The predicted octanol–water partition coefficient (Wildman–Crippen LogP) is 5.69. The smallest absolute Gasteiger partial charge is 0.274 e. The highest BCUT2D eigenvalue weighted by Crippen LogP contribution is 2.35. The van der Waals surface area contributed by atoms with Crippen LogP contribution in [0.1, 0.15) is 39.8 Å². The van der Waals surface area contributed by atoms with Gasteiger partial charge in [-0.1, -0.05) is 41.9 Å². The van der Waals surface area contributed by atoms with Crippen LogP contribution in [0.4, 0.5) is 0 Å². The van der Waals surface area contributed by atoms with E-state index in [1.165, 1.54) is 5.01 Å². The molecule has 0 bridgehead atoms. The number of carbonyl (C=O) groups excluding carboxylic acids is 1. The number of carbonyl (C=O) groups is 1. The van der Waals surface area contributed by atoms with Crippen LogP contribution in [0.15, 0.2) is 88.6 Å². The maximum Gasteiger partial charge on any atom is 0.274 e. The Kier molecular flexibility index (Phi) is 5.29. The lowest BCUT2D eigenvalue weighted by atomic mass is 10.00. The number of hydrogen-bond donors (Lipinski definition) is 0. The molecule has 4 aromatic rings. The van der Waals surface area contributed by atoms with Crippen LogP contribution in [-0.4, -0.2) is 26.6 Å². The van der Waals surface area contributed by atoms with E-state index in [4.69, 9.17) is 26.1 Å². The van der Waals surface area contributed by atoms with E-state index in [1.807, 2.05) is 49.4 Å². The molecular weight excluding hydrogens is 424 g/mol. The summed E-state index contributed by atoms with van der Waals surface area (Å²) in [5.74, 6) is 0.959. The molecule has 1 amide bonds. The predicted molar refractivity (Wildman–Crippen MR) is 122 cm³/mol. The highest BCUT2D eigenvalue weighted by atomic mass is 35.5. The first-order valence-electron chi connectivity index (χ1n) is 10.2. The van der Waals surface area contributed by atoms with Crippen molar-refractivity contribution in [3.8, 4) is 11.5 Å². The van der Waals surface area contributed by atoms with Gasteiger partial charge in [-0.25, -0.2) is 9.99 Å². The summed E-state index contributed by atoms with van der Waals surface area (Å²) in [6.07, 6.45) is 3.74. The number of aromatic nitrogens is 2. The first kappa shape index (κ1) is 20.2. The normalized spacial score (nSPS) is 15.6. The highest BCUT2D eigenvalue weighted by Gasteiger charge is 2.35. The fraction of sp³-hybridized carbons (Fsp3) is 0.120. The van der Waals surface area contributed by atoms with Gasteiger partial charge in [-0.05, 0) is 48.9 Å². The molecule has 2 aromatic carbocycles. The standard InChI is InChI=1S/C25H19ClN4O2/c1-16-23(28-24(32-16)18-7-9-20(26)10-8-18)21-15-22(17-5-3-2-4-6-17)30(29-21)25(31)19-11-13-27-14-12-19/h2-14,22H,15H2,1H3. The fourth-order valence-electron chi connectivity index (χ4n) is 3.78. The number of benzene rings is 2. The van der Waals surface area contributed by atoms with E-state index in [-0.39, 0.29) is 11.9 Å². The van der Waals surface area contributed by atoms with E-state index in [2.05, 4.69) is 4.98 Å². The van der Waals surface area contributed by atoms with Crippen molar-refractivity contribution in [3.05, 3.63) is 107 Å². The molecular formula is C25H19ClN4O2. The molecule has 0 radical (unpaired) electrons. The van der Waals surface area contributed by atoms with Gasteiger partial charge in [0, 0.05) is 35.0 Å². The number of aryl methyl sites for hydroxylation is 1. The van der Waals surface area contributed by atoms with Crippen LogP contribution in [-0.2, 0) is 0 Å². The van der Waals surface area contributed by atoms with Crippen LogP contribution >= 0.6 is 11.6 Å². The van der Waals surface area contributed by atoms with Crippen molar-refractivity contribution in [2.24, 2.45) is 5.10 Å². The van der Waals surface area contributed by atoms with Crippen molar-refractivity contribution >= 4 is 23.2 Å². The minimum absolute atomic E-state index is 0.185. The number of amides is 1. The minimum Gasteiger partial charge on any atom is -0.441 e. The number of halogens is 1. The molecule has 6 nitrogen and oxygen atoms in total. The average molecular weight is 443 g/mol. The summed E-state index contributed by atoms with van der Waals surface area (Å²) in [5, 5.41) is 6.90. The summed E-state index contributed by atoms with van der Waals surface area (Å²) in [6, 6.07) is 20.3. The summed E-state index contributed by atoms with van der Waals surface area (Å²) < 4.78 is 5.93. The topological polar surface area (TPSA) is 71.6 Å². The van der Waals surface area contributed by atoms with Crippen LogP contribution in [0.2, 0.25) is 5.02 Å². The monoisotopic (exact) mass is 442 g/mol. The van der Waals surface area contributed by atoms with Crippen LogP contribution in [0.5, 0.6) is 0 Å². The Morgan fingerprint density at radius 3 is 2.47 bits per heavy atom. The molecule has 0 fully saturated rings. The largest absolute Gasteiger partial charge is 0.441 e. The molecule has 1 aliphatic rings. The molecule has 7 heteroatoms. The van der Waals surface area contributed by atoms with Gasteiger partial charge < -0.3 is 4.42 Å². The van der Waals surface area contributed by atoms with E-state index in [9.17, 15) is 4.79 Å². The van der Waals surface area contributed by atoms with Gasteiger partial charge in [0.25, 0.3) is 5.91 Å². The molecule has 1 aliphatic heterocycles. The van der Waals surface area contributed by atoms with Crippen LogP contribution < -0.4 is 0 Å². The van der Waals surface area contributed by atoms with Gasteiger partial charge >= 0.3 is 0 Å². The van der Waals surface area contributed by atoms with E-state index < -0.39 is 0 Å². The Morgan fingerprint density at radius 1 is 1.03 bits per heavy atom. The molecule has 1 atom stereocenters. The maximum absolute atomic E-state index is 13.3. The van der Waals surface area contributed by atoms with Gasteiger partial charge in [0.05, 0.1) is 11.8 Å². The molecule has 0 N–H and O–H groups in total. The second-order valence-corrected chi connectivity index (χ2v) is 7.93. The summed E-state index contributed by atoms with van der Waals surface area (Å²) >= 11 is 6.00. The lowest BCUT2D eigenvalue weighted by Crippen LogP contribution is -2.27. The number of hydrogen-bond acceptors (Lipinski definition) is 5. The van der Waals surface area contributed by atoms with Gasteiger partial charge in [-0.2, -0.15) is 5.10 Å². The number of rotatable bonds is 4. The van der Waals surface area contributed by atoms with Gasteiger partial charge in [-0.15, -0.1) is 0 Å². The van der Waals surface area contributed by atoms with Crippen molar-refractivity contribution in [1.29, 1.82) is 0 Å². The van der Waals surface area contributed by atoms with Gasteiger partial charge in [-0.3, -0.25) is 9.78 Å². The third kappa shape index (κ3) is 3.81. The third-order valence-electron chi connectivity index (χ3n) is 5.39. The van der Waals surface area contributed by atoms with Gasteiger partial charge in [0.2, 0.25) is 5.89 Å². The fourth-order valence-corrected chi connectivity index (χ4v) is 3.91. The Labute approximate surface area is 190 Å². The number of hydrazone groups is 1. The quantitative estimate of drug-likeness (QED) is 0.407. The highest BCUT2D eigenvalue weighted by molar-refractivity contribution is 6.30. The average Bonchev–Trinajstić information content (AvgIpc) is 3.44. The summed E-state index contributed by atoms with van der Waals surface area (Å²) in [5.41, 5.74) is 3.73. The molecule has 0 saturated carbocycles. The van der Waals surface area contributed by atoms with Gasteiger partial charge in [0.1, 0.15) is 11.5 Å². The number of nitrogens with zero attached hydrogens (tertiary/aromatic N) is 4. The first-order chi connectivity index (χ1) is 15.6. The van der Waals surface area contributed by atoms with Crippen LogP contribution in [0.3, 0.4) is 0 Å². The second-order valence-electron chi connectivity index (χ2n) is 7.49. The van der Waals surface area contributed by atoms with Crippen LogP contribution in [0.25, 0.3) is 11.5 Å². The maximum atomic E-state index is 13.3. The molecule has 1 unspecified atom stereocenters. The zero-order valence-corrected chi connectivity index (χ0v) is 18.0. The SMILES string of the molecule is Cc1oc(-c2ccc(Cl)cc2)nc1C1=NN(C(=O)c2ccncc2)C(c2ccccc2)C1. The molecule has 2 aromatic heterocycles. The van der Waals surface area contributed by atoms with E-state index >= 15 is 0 Å². The Hall–Kier alpha value is -3.77. The van der Waals surface area contributed by atoms with E-state index in [0.717, 1.165) is 11.1 Å². The van der Waals surface area contributed by atoms with E-state index in [0.29, 0.717) is 40.1 Å². The number of oxazole rings is 1. The van der Waals surface area contributed by atoms with Crippen molar-refractivity contribution < 1.29 is 9.21 Å². The Balaban J connectivity index is 1.53. The van der Waals surface area contributed by atoms with E-state index in [1.54, 1.807) is 36.7 Å². The zero-order chi connectivity index (χ0) is 22.1. The first-order valence-corrected chi connectivity index (χ1v) is 10.6. The Morgan fingerprint density at radius 2 is 1.75 bits per heavy atom. The number of pyridine rings is 1.